The van der Waals surface area contributed by atoms with E-state index in [1.807, 2.05) is 12.1 Å². The molecule has 1 heterocycles. The number of nitrogens with one attached hydrogen (secondary N) is 2. The van der Waals surface area contributed by atoms with Crippen LogP contribution in [-0.2, 0) is 6.42 Å². The van der Waals surface area contributed by atoms with Gasteiger partial charge in [-0.05, 0) is 49.3 Å². The first-order valence-corrected chi connectivity index (χ1v) is 9.48. The van der Waals surface area contributed by atoms with Crippen molar-refractivity contribution in [3.8, 4) is 0 Å². The summed E-state index contributed by atoms with van der Waals surface area (Å²) in [4.78, 5) is 6.86. The van der Waals surface area contributed by atoms with E-state index in [0.29, 0.717) is 18.9 Å². The predicted molar refractivity (Wildman–Crippen MR) is 119 cm³/mol. The van der Waals surface area contributed by atoms with Crippen LogP contribution in [0.25, 0.3) is 0 Å². The molecular formula is C20H34FIN4. The molecule has 0 amide bonds. The van der Waals surface area contributed by atoms with E-state index in [-0.39, 0.29) is 29.8 Å². The number of aliphatic imine (C=N–C) groups is 1. The maximum absolute atomic E-state index is 13.6. The van der Waals surface area contributed by atoms with E-state index in [0.717, 1.165) is 30.5 Å². The van der Waals surface area contributed by atoms with Crippen LogP contribution in [0.3, 0.4) is 0 Å². The molecule has 1 fully saturated rings. The first-order chi connectivity index (χ1) is 12.1. The number of guanidine groups is 1. The van der Waals surface area contributed by atoms with Crippen molar-refractivity contribution >= 4 is 29.9 Å². The van der Waals surface area contributed by atoms with Crippen molar-refractivity contribution in [2.75, 3.05) is 39.8 Å². The Morgan fingerprint density at radius 2 is 2.08 bits per heavy atom. The summed E-state index contributed by atoms with van der Waals surface area (Å²) < 4.78 is 13.6. The summed E-state index contributed by atoms with van der Waals surface area (Å²) >= 11 is 0. The van der Waals surface area contributed by atoms with Gasteiger partial charge >= 0.3 is 0 Å². The topological polar surface area (TPSA) is 39.7 Å². The van der Waals surface area contributed by atoms with Gasteiger partial charge in [0.25, 0.3) is 0 Å². The lowest BCUT2D eigenvalue weighted by Crippen LogP contribution is -2.45. The maximum atomic E-state index is 13.6. The molecule has 1 aromatic rings. The molecular weight excluding hydrogens is 442 g/mol. The van der Waals surface area contributed by atoms with E-state index in [9.17, 15) is 4.39 Å². The van der Waals surface area contributed by atoms with Gasteiger partial charge in [-0.2, -0.15) is 0 Å². The van der Waals surface area contributed by atoms with Crippen LogP contribution in [-0.4, -0.2) is 50.6 Å². The molecule has 4 nitrogen and oxygen atoms in total. The Hall–Kier alpha value is -0.890. The largest absolute Gasteiger partial charge is 0.356 e. The Morgan fingerprint density at radius 3 is 2.77 bits per heavy atom. The second-order valence-corrected chi connectivity index (χ2v) is 7.38. The summed E-state index contributed by atoms with van der Waals surface area (Å²) in [6.45, 7) is 9.75. The smallest absolute Gasteiger partial charge is 0.190 e. The quantitative estimate of drug-likeness (QED) is 0.360. The number of benzene rings is 1. The molecule has 0 radical (unpaired) electrons. The lowest BCUT2D eigenvalue weighted by Gasteiger charge is -2.34. The molecule has 148 valence electrons. The molecule has 1 atom stereocenters. The number of piperidine rings is 1. The van der Waals surface area contributed by atoms with Gasteiger partial charge in [0.2, 0.25) is 0 Å². The SMILES string of the molecule is CN=C(NCCc1ccccc1F)NCC1CCCN(CC(C)C)C1.I. The fourth-order valence-electron chi connectivity index (χ4n) is 3.48. The molecule has 0 aromatic heterocycles. The highest BCUT2D eigenvalue weighted by Crippen LogP contribution is 2.16. The van der Waals surface area contributed by atoms with Crippen LogP contribution in [0, 0.1) is 17.7 Å². The Kier molecular flexibility index (Phi) is 11.1. The summed E-state index contributed by atoms with van der Waals surface area (Å²) in [5.41, 5.74) is 0.738. The molecule has 6 heteroatoms. The van der Waals surface area contributed by atoms with E-state index >= 15 is 0 Å². The Labute approximate surface area is 175 Å². The van der Waals surface area contributed by atoms with Gasteiger partial charge in [-0.1, -0.05) is 32.0 Å². The Balaban J connectivity index is 0.00000338. The highest BCUT2D eigenvalue weighted by atomic mass is 127. The zero-order valence-corrected chi connectivity index (χ0v) is 18.6. The number of likely N-dealkylation sites (tertiary alicyclic amines) is 1. The lowest BCUT2D eigenvalue weighted by molar-refractivity contribution is 0.159. The van der Waals surface area contributed by atoms with Crippen LogP contribution >= 0.6 is 24.0 Å². The molecule has 0 aliphatic carbocycles. The second-order valence-electron chi connectivity index (χ2n) is 7.38. The van der Waals surface area contributed by atoms with Gasteiger partial charge in [0, 0.05) is 33.2 Å². The van der Waals surface area contributed by atoms with Gasteiger partial charge in [0.1, 0.15) is 5.82 Å². The predicted octanol–water partition coefficient (Wildman–Crippen LogP) is 3.52. The average Bonchev–Trinajstić information content (AvgIpc) is 2.59. The maximum Gasteiger partial charge on any atom is 0.190 e. The molecule has 1 saturated heterocycles. The minimum Gasteiger partial charge on any atom is -0.356 e. The van der Waals surface area contributed by atoms with Crippen LogP contribution in [0.4, 0.5) is 4.39 Å². The minimum atomic E-state index is -0.139. The first kappa shape index (κ1) is 23.1. The number of halogens is 2. The van der Waals surface area contributed by atoms with E-state index in [2.05, 4.69) is 34.4 Å². The standard InChI is InChI=1S/C20H33FN4.HI/c1-16(2)14-25-12-6-7-17(15-25)13-24-20(22-3)23-11-10-18-8-4-5-9-19(18)21;/h4-5,8-9,16-17H,6-7,10-15H2,1-3H3,(H2,22,23,24);1H. The molecule has 0 saturated carbocycles. The van der Waals surface area contributed by atoms with Gasteiger partial charge in [-0.15, -0.1) is 24.0 Å². The number of hydrogen-bond acceptors (Lipinski definition) is 2. The number of hydrogen-bond donors (Lipinski definition) is 2. The molecule has 2 N–H and O–H groups in total. The van der Waals surface area contributed by atoms with E-state index < -0.39 is 0 Å². The highest BCUT2D eigenvalue weighted by Gasteiger charge is 2.20. The third kappa shape index (κ3) is 8.20. The second kappa shape index (κ2) is 12.5. The van der Waals surface area contributed by atoms with Crippen molar-refractivity contribution in [1.82, 2.24) is 15.5 Å². The summed E-state index contributed by atoms with van der Waals surface area (Å²) in [5, 5.41) is 6.72. The highest BCUT2D eigenvalue weighted by molar-refractivity contribution is 14.0. The van der Waals surface area contributed by atoms with E-state index in [4.69, 9.17) is 0 Å². The fraction of sp³-hybridized carbons (Fsp3) is 0.650. The van der Waals surface area contributed by atoms with Crippen molar-refractivity contribution in [1.29, 1.82) is 0 Å². The summed E-state index contributed by atoms with van der Waals surface area (Å²) in [6, 6.07) is 6.93. The minimum absolute atomic E-state index is 0. The Morgan fingerprint density at radius 1 is 1.31 bits per heavy atom. The normalized spacial score (nSPS) is 18.5. The molecule has 1 aromatic carbocycles. The van der Waals surface area contributed by atoms with Gasteiger partial charge in [-0.3, -0.25) is 4.99 Å². The molecule has 1 unspecified atom stereocenters. The van der Waals surface area contributed by atoms with Crippen LogP contribution in [0.15, 0.2) is 29.3 Å². The molecule has 1 aliphatic rings. The lowest BCUT2D eigenvalue weighted by atomic mass is 9.97. The van der Waals surface area contributed by atoms with Gasteiger partial charge < -0.3 is 15.5 Å². The van der Waals surface area contributed by atoms with Crippen LogP contribution in [0.1, 0.15) is 32.3 Å². The molecule has 0 bridgehead atoms. The monoisotopic (exact) mass is 476 g/mol. The zero-order valence-electron chi connectivity index (χ0n) is 16.3. The fourth-order valence-corrected chi connectivity index (χ4v) is 3.48. The third-order valence-corrected chi connectivity index (χ3v) is 4.65. The Bertz CT molecular complexity index is 550. The van der Waals surface area contributed by atoms with Crippen molar-refractivity contribution in [2.45, 2.75) is 33.1 Å². The molecule has 1 aliphatic heterocycles. The third-order valence-electron chi connectivity index (χ3n) is 4.65. The first-order valence-electron chi connectivity index (χ1n) is 9.48. The average molecular weight is 476 g/mol. The van der Waals surface area contributed by atoms with Gasteiger partial charge in [0.05, 0.1) is 0 Å². The molecule has 2 rings (SSSR count). The van der Waals surface area contributed by atoms with E-state index in [1.54, 1.807) is 13.1 Å². The van der Waals surface area contributed by atoms with Gasteiger partial charge in [-0.25, -0.2) is 4.39 Å². The summed E-state index contributed by atoms with van der Waals surface area (Å²) in [6.07, 6.45) is 3.20. The van der Waals surface area contributed by atoms with E-state index in [1.165, 1.54) is 32.0 Å². The molecule has 26 heavy (non-hydrogen) atoms. The molecule has 0 spiro atoms. The van der Waals surface area contributed by atoms with Crippen LogP contribution in [0.5, 0.6) is 0 Å². The van der Waals surface area contributed by atoms with Crippen LogP contribution in [0.2, 0.25) is 0 Å². The van der Waals surface area contributed by atoms with Crippen molar-refractivity contribution < 1.29 is 4.39 Å². The summed E-state index contributed by atoms with van der Waals surface area (Å²) in [7, 11) is 1.78. The number of nitrogens with zero attached hydrogens (tertiary/aromatic N) is 2. The zero-order chi connectivity index (χ0) is 18.1. The van der Waals surface area contributed by atoms with Crippen molar-refractivity contribution in [3.05, 3.63) is 35.6 Å². The van der Waals surface area contributed by atoms with Crippen LogP contribution < -0.4 is 10.6 Å². The summed E-state index contributed by atoms with van der Waals surface area (Å²) in [5.74, 6) is 2.05. The van der Waals surface area contributed by atoms with Crippen molar-refractivity contribution in [3.63, 3.8) is 0 Å². The number of rotatable bonds is 7. The van der Waals surface area contributed by atoms with Gasteiger partial charge in [0.15, 0.2) is 5.96 Å². The van der Waals surface area contributed by atoms with Crippen molar-refractivity contribution in [2.24, 2.45) is 16.8 Å².